The third-order valence-electron chi connectivity index (χ3n) is 7.45. The molecule has 1 amide bonds. The normalized spacial score (nSPS) is 13.4. The molecule has 2 N–H and O–H groups in total. The molecule has 0 radical (unpaired) electrons. The first-order valence-corrected chi connectivity index (χ1v) is 14.8. The van der Waals surface area contributed by atoms with Gasteiger partial charge in [-0.15, -0.1) is 0 Å². The standard InChI is InChI=1S/C35H30F10N2O2/c1-20(2)18-46-19-23-12-24(9-11-29(23)37)33(17-21-6-4-3-5-7-21,25-14-26(36)16-27(15-25)49-35(44,45)32(39)40)47-31(48)22-8-10-30(38)28(13-22)34(41,42)43/h3-16,20,32,46H,17-19H2,1-2H3,(H,47,48)/t33-/m1/s1. The molecule has 0 saturated heterocycles. The minimum Gasteiger partial charge on any atom is -0.428 e. The fraction of sp³-hybridized carbons (Fsp3) is 0.286. The molecule has 0 heterocycles. The van der Waals surface area contributed by atoms with E-state index >= 15 is 8.78 Å². The summed E-state index contributed by atoms with van der Waals surface area (Å²) in [6.45, 7) is 4.23. The molecule has 0 aliphatic carbocycles. The monoisotopic (exact) mass is 700 g/mol. The average Bonchev–Trinajstić information content (AvgIpc) is 3.01. The van der Waals surface area contributed by atoms with Crippen LogP contribution in [0.1, 0.15) is 52.0 Å². The predicted octanol–water partition coefficient (Wildman–Crippen LogP) is 9.02. The van der Waals surface area contributed by atoms with E-state index in [1.54, 1.807) is 30.3 Å². The summed E-state index contributed by atoms with van der Waals surface area (Å²) in [5.74, 6) is -5.80. The molecule has 0 aliphatic rings. The van der Waals surface area contributed by atoms with Crippen molar-refractivity contribution in [3.05, 3.63) is 136 Å². The molecule has 0 spiro atoms. The van der Waals surface area contributed by atoms with Crippen molar-refractivity contribution in [3.63, 3.8) is 0 Å². The topological polar surface area (TPSA) is 50.4 Å². The Morgan fingerprint density at radius 2 is 1.47 bits per heavy atom. The van der Waals surface area contributed by atoms with Gasteiger partial charge in [-0.2, -0.15) is 30.7 Å². The van der Waals surface area contributed by atoms with Crippen molar-refractivity contribution in [3.8, 4) is 5.75 Å². The summed E-state index contributed by atoms with van der Waals surface area (Å²) < 4.78 is 143. The number of amides is 1. The van der Waals surface area contributed by atoms with E-state index in [1.165, 1.54) is 12.1 Å². The van der Waals surface area contributed by atoms with Crippen LogP contribution in [0.4, 0.5) is 43.9 Å². The van der Waals surface area contributed by atoms with E-state index in [0.29, 0.717) is 24.2 Å². The number of alkyl halides is 7. The molecular formula is C35H30F10N2O2. The number of ether oxygens (including phenoxy) is 1. The third-order valence-corrected chi connectivity index (χ3v) is 7.45. The van der Waals surface area contributed by atoms with Crippen LogP contribution in [0.25, 0.3) is 0 Å². The van der Waals surface area contributed by atoms with Gasteiger partial charge in [0.2, 0.25) is 0 Å². The van der Waals surface area contributed by atoms with Crippen molar-refractivity contribution in [2.75, 3.05) is 6.54 Å². The van der Waals surface area contributed by atoms with Crippen LogP contribution in [-0.4, -0.2) is 25.0 Å². The number of nitrogens with one attached hydrogen (secondary N) is 2. The Balaban J connectivity index is 1.99. The molecule has 49 heavy (non-hydrogen) atoms. The Hall–Kier alpha value is -4.59. The first kappa shape index (κ1) is 37.2. The summed E-state index contributed by atoms with van der Waals surface area (Å²) in [5.41, 5.74) is -4.49. The molecule has 1 atom stereocenters. The zero-order chi connectivity index (χ0) is 36.1. The second-order valence-corrected chi connectivity index (χ2v) is 11.7. The zero-order valence-electron chi connectivity index (χ0n) is 26.0. The first-order valence-electron chi connectivity index (χ1n) is 14.8. The highest BCUT2D eigenvalue weighted by molar-refractivity contribution is 5.95. The Labute approximate surface area is 275 Å². The maximum atomic E-state index is 15.2. The van der Waals surface area contributed by atoms with Crippen LogP contribution in [-0.2, 0) is 24.7 Å². The maximum Gasteiger partial charge on any atom is 0.461 e. The third kappa shape index (κ3) is 9.11. The lowest BCUT2D eigenvalue weighted by atomic mass is 9.77. The number of hydrogen-bond donors (Lipinski definition) is 2. The Morgan fingerprint density at radius 1 is 0.796 bits per heavy atom. The van der Waals surface area contributed by atoms with Crippen LogP contribution in [0.15, 0.2) is 84.9 Å². The van der Waals surface area contributed by atoms with Gasteiger partial charge in [0, 0.05) is 30.2 Å². The molecule has 0 unspecified atom stereocenters. The van der Waals surface area contributed by atoms with Crippen LogP contribution >= 0.6 is 0 Å². The van der Waals surface area contributed by atoms with E-state index < -0.39 is 64.5 Å². The average molecular weight is 701 g/mol. The van der Waals surface area contributed by atoms with Crippen LogP contribution < -0.4 is 15.4 Å². The lowest BCUT2D eigenvalue weighted by molar-refractivity contribution is -0.253. The largest absolute Gasteiger partial charge is 0.461 e. The molecular weight excluding hydrogens is 670 g/mol. The van der Waals surface area contributed by atoms with Crippen molar-refractivity contribution in [1.29, 1.82) is 0 Å². The van der Waals surface area contributed by atoms with Crippen molar-refractivity contribution >= 4 is 5.91 Å². The lowest BCUT2D eigenvalue weighted by Crippen LogP contribution is -2.49. The van der Waals surface area contributed by atoms with Crippen molar-refractivity contribution in [2.45, 2.75) is 51.1 Å². The SMILES string of the molecule is CC(C)CNCc1cc([C@@](Cc2ccccc2)(NC(=O)c2ccc(F)c(C(F)(F)F)c2)c2cc(F)cc(OC(F)(F)C(F)F)c2)ccc1F. The summed E-state index contributed by atoms with van der Waals surface area (Å²) in [6.07, 6.45) is -14.9. The highest BCUT2D eigenvalue weighted by atomic mass is 19.4. The van der Waals surface area contributed by atoms with Crippen molar-refractivity contribution in [2.24, 2.45) is 5.92 Å². The van der Waals surface area contributed by atoms with Gasteiger partial charge in [0.15, 0.2) is 0 Å². The summed E-state index contributed by atoms with van der Waals surface area (Å²) in [4.78, 5) is 13.8. The van der Waals surface area contributed by atoms with E-state index in [0.717, 1.165) is 24.3 Å². The number of carbonyl (C=O) groups excluding carboxylic acids is 1. The van der Waals surface area contributed by atoms with E-state index in [1.807, 2.05) is 13.8 Å². The molecule has 4 aromatic rings. The number of halogens is 10. The Morgan fingerprint density at radius 3 is 2.10 bits per heavy atom. The Kier molecular flexibility index (Phi) is 11.3. The summed E-state index contributed by atoms with van der Waals surface area (Å²) in [6, 6.07) is 14.8. The van der Waals surface area contributed by atoms with Crippen LogP contribution in [0.5, 0.6) is 5.75 Å². The maximum absolute atomic E-state index is 15.2. The first-order chi connectivity index (χ1) is 22.9. The van der Waals surface area contributed by atoms with Gasteiger partial charge in [0.05, 0.1) is 11.1 Å². The van der Waals surface area contributed by atoms with Gasteiger partial charge in [-0.1, -0.05) is 50.2 Å². The lowest BCUT2D eigenvalue weighted by Gasteiger charge is -2.37. The molecule has 4 aromatic carbocycles. The van der Waals surface area contributed by atoms with E-state index in [-0.39, 0.29) is 41.6 Å². The van der Waals surface area contributed by atoms with E-state index in [4.69, 9.17) is 0 Å². The minimum atomic E-state index is -5.19. The van der Waals surface area contributed by atoms with Gasteiger partial charge >= 0.3 is 18.7 Å². The number of benzene rings is 4. The molecule has 0 aromatic heterocycles. The zero-order valence-corrected chi connectivity index (χ0v) is 26.0. The predicted molar refractivity (Wildman–Crippen MR) is 161 cm³/mol. The fourth-order valence-electron chi connectivity index (χ4n) is 5.15. The van der Waals surface area contributed by atoms with E-state index in [2.05, 4.69) is 15.4 Å². The number of rotatable bonds is 13. The second-order valence-electron chi connectivity index (χ2n) is 11.7. The van der Waals surface area contributed by atoms with E-state index in [9.17, 15) is 39.9 Å². The molecule has 0 saturated carbocycles. The summed E-state index contributed by atoms with van der Waals surface area (Å²) in [7, 11) is 0. The van der Waals surface area contributed by atoms with Gasteiger partial charge in [0.1, 0.15) is 23.2 Å². The molecule has 0 bridgehead atoms. The summed E-state index contributed by atoms with van der Waals surface area (Å²) >= 11 is 0. The number of hydrogen-bond acceptors (Lipinski definition) is 3. The fourth-order valence-corrected chi connectivity index (χ4v) is 5.15. The molecule has 4 rings (SSSR count). The molecule has 4 nitrogen and oxygen atoms in total. The van der Waals surface area contributed by atoms with Crippen molar-refractivity contribution in [1.82, 2.24) is 10.6 Å². The van der Waals surface area contributed by atoms with Crippen molar-refractivity contribution < 1.29 is 53.4 Å². The highest BCUT2D eigenvalue weighted by Crippen LogP contribution is 2.39. The number of carbonyl (C=O) groups is 1. The smallest absolute Gasteiger partial charge is 0.428 e. The minimum absolute atomic E-state index is 0.00257. The van der Waals surface area contributed by atoms with Crippen LogP contribution in [0.2, 0.25) is 0 Å². The quantitative estimate of drug-likeness (QED) is 0.137. The van der Waals surface area contributed by atoms with Gasteiger partial charge in [-0.25, -0.2) is 13.2 Å². The van der Waals surface area contributed by atoms with Crippen LogP contribution in [0.3, 0.4) is 0 Å². The summed E-state index contributed by atoms with van der Waals surface area (Å²) in [5, 5.41) is 5.61. The van der Waals surface area contributed by atoms with Crippen LogP contribution in [0, 0.1) is 23.4 Å². The molecule has 14 heteroatoms. The second kappa shape index (κ2) is 14.9. The van der Waals surface area contributed by atoms with Gasteiger partial charge in [0.25, 0.3) is 5.91 Å². The molecule has 0 aliphatic heterocycles. The Bertz CT molecular complexity index is 1760. The van der Waals surface area contributed by atoms with Gasteiger partial charge in [-0.05, 0) is 71.6 Å². The van der Waals surface area contributed by atoms with Gasteiger partial charge in [-0.3, -0.25) is 4.79 Å². The molecule has 0 fully saturated rings. The highest BCUT2D eigenvalue weighted by Gasteiger charge is 2.45. The van der Waals surface area contributed by atoms with Gasteiger partial charge < -0.3 is 15.4 Å². The molecule has 262 valence electrons.